The number of aryl methyl sites for hydroxylation is 1. The van der Waals surface area contributed by atoms with Crippen LogP contribution in [0.1, 0.15) is 36.9 Å². The number of hydrogen-bond acceptors (Lipinski definition) is 5. The topological polar surface area (TPSA) is 79.3 Å². The average Bonchev–Trinajstić information content (AvgIpc) is 2.88. The van der Waals surface area contributed by atoms with Gasteiger partial charge in [-0.05, 0) is 75.7 Å². The number of carbonyl (C=O) groups is 1. The van der Waals surface area contributed by atoms with Crippen molar-refractivity contribution in [1.82, 2.24) is 19.8 Å². The van der Waals surface area contributed by atoms with E-state index in [4.69, 9.17) is 0 Å². The fourth-order valence-electron chi connectivity index (χ4n) is 4.59. The Balaban J connectivity index is 1.63. The molecule has 35 heavy (non-hydrogen) atoms. The Morgan fingerprint density at radius 1 is 1.23 bits per heavy atom. The summed E-state index contributed by atoms with van der Waals surface area (Å²) < 4.78 is 15.1. The smallest absolute Gasteiger partial charge is 0.277 e. The molecule has 184 valence electrons. The van der Waals surface area contributed by atoms with Gasteiger partial charge in [0, 0.05) is 24.7 Å². The minimum absolute atomic E-state index is 0.119. The van der Waals surface area contributed by atoms with E-state index in [1.165, 1.54) is 29.5 Å². The Hall–Kier alpha value is -3.36. The van der Waals surface area contributed by atoms with Gasteiger partial charge in [-0.25, -0.2) is 9.37 Å². The van der Waals surface area contributed by atoms with Gasteiger partial charge in [0.1, 0.15) is 17.3 Å². The molecule has 0 radical (unpaired) electrons. The molecule has 0 aliphatic heterocycles. The molecule has 8 heteroatoms. The van der Waals surface area contributed by atoms with Crippen LogP contribution in [0.4, 0.5) is 10.1 Å². The zero-order valence-electron chi connectivity index (χ0n) is 20.4. The summed E-state index contributed by atoms with van der Waals surface area (Å²) in [7, 11) is 3.75. The normalized spacial score (nSPS) is 16.1. The third-order valence-electron chi connectivity index (χ3n) is 6.78. The summed E-state index contributed by atoms with van der Waals surface area (Å²) in [6, 6.07) is 14.3. The van der Waals surface area contributed by atoms with Crippen molar-refractivity contribution in [2.24, 2.45) is 0 Å². The molecule has 4 rings (SSSR count). The van der Waals surface area contributed by atoms with E-state index < -0.39 is 6.04 Å². The number of rotatable bonds is 8. The molecule has 2 aromatic carbocycles. The maximum atomic E-state index is 13.5. The first-order valence-electron chi connectivity index (χ1n) is 12.0. The van der Waals surface area contributed by atoms with E-state index in [2.05, 4.69) is 51.8 Å². The van der Waals surface area contributed by atoms with Crippen molar-refractivity contribution in [1.29, 1.82) is 0 Å². The summed E-state index contributed by atoms with van der Waals surface area (Å²) in [5.41, 5.74) is 3.13. The van der Waals surface area contributed by atoms with Gasteiger partial charge in [0.05, 0.1) is 12.2 Å². The number of amides is 1. The minimum Gasteiger partial charge on any atom is -0.319 e. The quantitative estimate of drug-likeness (QED) is 0.518. The van der Waals surface area contributed by atoms with Crippen molar-refractivity contribution in [2.75, 3.05) is 26.0 Å². The van der Waals surface area contributed by atoms with Crippen LogP contribution >= 0.6 is 0 Å². The highest BCUT2D eigenvalue weighted by Crippen LogP contribution is 2.33. The van der Waals surface area contributed by atoms with Gasteiger partial charge in [0.2, 0.25) is 5.91 Å². The summed E-state index contributed by atoms with van der Waals surface area (Å²) in [4.78, 5) is 32.6. The Bertz CT molecular complexity index is 1240. The molecule has 0 spiro atoms. The van der Waals surface area contributed by atoms with Gasteiger partial charge in [0.25, 0.3) is 5.56 Å². The number of nitrogens with one attached hydrogen (secondary N) is 2. The number of fused-ring (bicyclic) bond motifs is 1. The Kier molecular flexibility index (Phi) is 7.73. The van der Waals surface area contributed by atoms with Crippen LogP contribution in [0.3, 0.4) is 0 Å². The predicted molar refractivity (Wildman–Crippen MR) is 136 cm³/mol. The van der Waals surface area contributed by atoms with Crippen LogP contribution in [0, 0.1) is 5.82 Å². The largest absolute Gasteiger partial charge is 0.319 e. The summed E-state index contributed by atoms with van der Waals surface area (Å²) in [5.74, 6) is -0.237. The van der Waals surface area contributed by atoms with Crippen molar-refractivity contribution in [3.05, 3.63) is 82.0 Å². The first kappa shape index (κ1) is 24.8. The number of likely N-dealkylation sites (N-methyl/N-ethyl adjacent to an activating group) is 2. The highest BCUT2D eigenvalue weighted by atomic mass is 19.1. The highest BCUT2D eigenvalue weighted by Gasteiger charge is 2.24. The van der Waals surface area contributed by atoms with Crippen LogP contribution in [-0.2, 0) is 17.8 Å². The first-order valence-corrected chi connectivity index (χ1v) is 12.0. The first-order chi connectivity index (χ1) is 16.9. The molecule has 0 fully saturated rings. The van der Waals surface area contributed by atoms with Crippen LogP contribution < -0.4 is 16.2 Å². The van der Waals surface area contributed by atoms with Gasteiger partial charge in [-0.15, -0.1) is 0 Å². The minimum atomic E-state index is -0.461. The third kappa shape index (κ3) is 5.49. The Labute approximate surface area is 205 Å². The van der Waals surface area contributed by atoms with Gasteiger partial charge in [-0.3, -0.25) is 19.1 Å². The van der Waals surface area contributed by atoms with E-state index in [9.17, 15) is 14.0 Å². The zero-order valence-corrected chi connectivity index (χ0v) is 20.4. The molecule has 1 aliphatic carbocycles. The fourth-order valence-corrected chi connectivity index (χ4v) is 4.59. The molecule has 1 aromatic heterocycles. The predicted octanol–water partition coefficient (Wildman–Crippen LogP) is 3.61. The molecular formula is C27H32FN5O2. The number of anilines is 1. The molecule has 1 heterocycles. The number of aromatic nitrogens is 2. The second-order valence-corrected chi connectivity index (χ2v) is 9.05. The van der Waals surface area contributed by atoms with Crippen LogP contribution in [0.15, 0.2) is 59.5 Å². The molecule has 2 N–H and O–H groups in total. The van der Waals surface area contributed by atoms with Crippen molar-refractivity contribution >= 4 is 11.6 Å². The van der Waals surface area contributed by atoms with E-state index in [0.29, 0.717) is 24.5 Å². The van der Waals surface area contributed by atoms with E-state index in [1.807, 2.05) is 0 Å². The third-order valence-corrected chi connectivity index (χ3v) is 6.78. The molecule has 1 unspecified atom stereocenters. The summed E-state index contributed by atoms with van der Waals surface area (Å²) in [6.45, 7) is 2.70. The van der Waals surface area contributed by atoms with Gasteiger partial charge in [-0.1, -0.05) is 24.3 Å². The van der Waals surface area contributed by atoms with Crippen molar-refractivity contribution in [3.63, 3.8) is 0 Å². The molecule has 0 bridgehead atoms. The molecular weight excluding hydrogens is 445 g/mol. The molecule has 0 saturated carbocycles. The molecule has 1 aliphatic rings. The fraction of sp³-hybridized carbons (Fsp3) is 0.370. The van der Waals surface area contributed by atoms with Crippen molar-refractivity contribution < 1.29 is 9.18 Å². The maximum Gasteiger partial charge on any atom is 0.277 e. The van der Waals surface area contributed by atoms with E-state index in [-0.39, 0.29) is 29.0 Å². The van der Waals surface area contributed by atoms with E-state index in [1.54, 1.807) is 30.7 Å². The number of hydrogen-bond donors (Lipinski definition) is 2. The van der Waals surface area contributed by atoms with E-state index >= 15 is 0 Å². The van der Waals surface area contributed by atoms with Gasteiger partial charge in [-0.2, -0.15) is 0 Å². The van der Waals surface area contributed by atoms with Crippen molar-refractivity contribution in [2.45, 2.75) is 44.8 Å². The lowest BCUT2D eigenvalue weighted by Crippen LogP contribution is -2.38. The van der Waals surface area contributed by atoms with Gasteiger partial charge < -0.3 is 10.6 Å². The second-order valence-electron chi connectivity index (χ2n) is 9.05. The number of halogens is 1. The molecule has 0 saturated heterocycles. The molecule has 2 atom stereocenters. The van der Waals surface area contributed by atoms with Crippen molar-refractivity contribution in [3.8, 4) is 11.4 Å². The Morgan fingerprint density at radius 2 is 1.97 bits per heavy atom. The van der Waals surface area contributed by atoms with Gasteiger partial charge in [0.15, 0.2) is 0 Å². The lowest BCUT2D eigenvalue weighted by Gasteiger charge is -2.33. The molecule has 7 nitrogen and oxygen atoms in total. The second kappa shape index (κ2) is 10.9. The van der Waals surface area contributed by atoms with Crippen LogP contribution in [-0.4, -0.2) is 47.0 Å². The highest BCUT2D eigenvalue weighted by molar-refractivity contribution is 5.94. The van der Waals surface area contributed by atoms with Crippen LogP contribution in [0.2, 0.25) is 0 Å². The average molecular weight is 478 g/mol. The SMILES string of the molecule is CN[C@@H](C)C(=O)Nc1cnc(-c2ccc(F)cc2)n(CCN(C)C2CCCc3ccccc32)c1=O. The summed E-state index contributed by atoms with van der Waals surface area (Å²) >= 11 is 0. The summed E-state index contributed by atoms with van der Waals surface area (Å²) in [6.07, 6.45) is 4.65. The van der Waals surface area contributed by atoms with Crippen LogP contribution in [0.25, 0.3) is 11.4 Å². The van der Waals surface area contributed by atoms with Gasteiger partial charge >= 0.3 is 0 Å². The molecule has 3 aromatic rings. The Morgan fingerprint density at radius 3 is 2.71 bits per heavy atom. The monoisotopic (exact) mass is 477 g/mol. The molecule has 1 amide bonds. The van der Waals surface area contributed by atoms with E-state index in [0.717, 1.165) is 19.3 Å². The van der Waals surface area contributed by atoms with Crippen LogP contribution in [0.5, 0.6) is 0 Å². The number of carbonyl (C=O) groups excluding carboxylic acids is 1. The number of benzene rings is 2. The number of nitrogens with zero attached hydrogens (tertiary/aromatic N) is 3. The summed E-state index contributed by atoms with van der Waals surface area (Å²) in [5, 5.41) is 5.54. The lowest BCUT2D eigenvalue weighted by molar-refractivity contribution is -0.117. The lowest BCUT2D eigenvalue weighted by atomic mass is 9.87. The zero-order chi connectivity index (χ0) is 24.9. The standard InChI is InChI=1S/C27H32FN5O2/c1-18(29-2)26(34)31-23-17-30-25(20-11-13-21(28)14-12-20)33(27(23)35)16-15-32(3)24-10-6-8-19-7-4-5-9-22(19)24/h4-5,7,9,11-14,17-18,24,29H,6,8,10,15-16H2,1-3H3,(H,31,34)/t18-,24?/m0/s1. The maximum absolute atomic E-state index is 13.5.